The average Bonchev–Trinajstić information content (AvgIpc) is 3.32. The van der Waals surface area contributed by atoms with Gasteiger partial charge in [0.2, 0.25) is 0 Å². The van der Waals surface area contributed by atoms with E-state index >= 15 is 0 Å². The van der Waals surface area contributed by atoms with Crippen LogP contribution in [-0.2, 0) is 0 Å². The van der Waals surface area contributed by atoms with Crippen molar-refractivity contribution < 1.29 is 22.7 Å². The molecule has 4 aromatic rings. The Hall–Kier alpha value is -4.07. The van der Waals surface area contributed by atoms with Gasteiger partial charge in [0.15, 0.2) is 5.69 Å². The number of aromatic nitrogens is 2. The summed E-state index contributed by atoms with van der Waals surface area (Å²) < 4.78 is 43.1. The first kappa shape index (κ1) is 19.9. The van der Waals surface area contributed by atoms with Crippen molar-refractivity contribution >= 4 is 5.91 Å². The molecule has 1 aliphatic rings. The molecule has 1 unspecified atom stereocenters. The zero-order valence-electron chi connectivity index (χ0n) is 16.5. The van der Waals surface area contributed by atoms with Crippen LogP contribution in [-0.4, -0.2) is 22.1 Å². The fourth-order valence-corrected chi connectivity index (χ4v) is 3.89. The third-order valence-corrected chi connectivity index (χ3v) is 5.20. The number of fused-ring (bicyclic) bond motifs is 1. The molecule has 0 bridgehead atoms. The van der Waals surface area contributed by atoms with Crippen molar-refractivity contribution in [3.8, 4) is 22.7 Å². The third kappa shape index (κ3) is 3.60. The van der Waals surface area contributed by atoms with Gasteiger partial charge >= 0.3 is 6.36 Å². The Balaban J connectivity index is 1.67. The number of ether oxygens (including phenoxy) is 1. The van der Waals surface area contributed by atoms with Gasteiger partial charge in [-0.1, -0.05) is 60.7 Å². The van der Waals surface area contributed by atoms with Gasteiger partial charge in [-0.2, -0.15) is 5.10 Å². The molecule has 1 N–H and O–H groups in total. The van der Waals surface area contributed by atoms with E-state index < -0.39 is 12.4 Å². The zero-order chi connectivity index (χ0) is 22.3. The quantitative estimate of drug-likeness (QED) is 0.475. The van der Waals surface area contributed by atoms with E-state index in [1.54, 1.807) is 4.68 Å². The summed E-state index contributed by atoms with van der Waals surface area (Å²) in [5.74, 6) is -0.635. The molecule has 0 saturated heterocycles. The second-order valence-corrected chi connectivity index (χ2v) is 7.25. The lowest BCUT2D eigenvalue weighted by atomic mass is 9.96. The minimum absolute atomic E-state index is 0.285. The van der Waals surface area contributed by atoms with Gasteiger partial charge in [0.25, 0.3) is 5.91 Å². The van der Waals surface area contributed by atoms with Crippen LogP contribution < -0.4 is 10.1 Å². The van der Waals surface area contributed by atoms with Crippen molar-refractivity contribution in [1.82, 2.24) is 15.1 Å². The van der Waals surface area contributed by atoms with Crippen LogP contribution >= 0.6 is 0 Å². The standard InChI is InChI=1S/C24H16F3N3O2/c25-24(26,27)32-18-13-11-17(12-14-18)30-22(16-9-5-2-6-10-16)19-20(15-7-3-1-4-8-15)28-23(31)21(19)29-30/h1-14,20H,(H,28,31). The number of carbonyl (C=O) groups excluding carboxylic acids is 1. The number of carbonyl (C=O) groups is 1. The molecular formula is C24H16F3N3O2. The smallest absolute Gasteiger partial charge is 0.406 e. The molecule has 3 aromatic carbocycles. The number of benzene rings is 3. The van der Waals surface area contributed by atoms with E-state index in [9.17, 15) is 18.0 Å². The van der Waals surface area contributed by atoms with Crippen LogP contribution in [0.4, 0.5) is 13.2 Å². The summed E-state index contributed by atoms with van der Waals surface area (Å²) in [5, 5.41) is 7.52. The predicted octanol–water partition coefficient (Wildman–Crippen LogP) is 5.27. The normalized spacial score (nSPS) is 15.3. The highest BCUT2D eigenvalue weighted by Crippen LogP contribution is 2.39. The molecule has 0 spiro atoms. The van der Waals surface area contributed by atoms with E-state index in [0.717, 1.165) is 16.7 Å². The number of hydrogen-bond donors (Lipinski definition) is 1. The van der Waals surface area contributed by atoms with Gasteiger partial charge < -0.3 is 10.1 Å². The predicted molar refractivity (Wildman–Crippen MR) is 111 cm³/mol. The molecule has 5 rings (SSSR count). The number of alkyl halides is 3. The van der Waals surface area contributed by atoms with E-state index in [1.165, 1.54) is 24.3 Å². The molecule has 160 valence electrons. The molecule has 2 heterocycles. The van der Waals surface area contributed by atoms with Crippen LogP contribution in [0.3, 0.4) is 0 Å². The summed E-state index contributed by atoms with van der Waals surface area (Å²) in [6.07, 6.45) is -4.77. The number of rotatable bonds is 4. The second kappa shape index (κ2) is 7.56. The van der Waals surface area contributed by atoms with E-state index in [0.29, 0.717) is 11.4 Å². The molecule has 0 fully saturated rings. The lowest BCUT2D eigenvalue weighted by Gasteiger charge is -2.16. The summed E-state index contributed by atoms with van der Waals surface area (Å²) in [5.41, 5.74) is 3.94. The van der Waals surface area contributed by atoms with Crippen LogP contribution in [0.15, 0.2) is 84.9 Å². The van der Waals surface area contributed by atoms with Gasteiger partial charge in [-0.25, -0.2) is 4.68 Å². The first-order chi connectivity index (χ1) is 15.4. The minimum Gasteiger partial charge on any atom is -0.406 e. The molecule has 1 aromatic heterocycles. The first-order valence-corrected chi connectivity index (χ1v) is 9.81. The topological polar surface area (TPSA) is 56.2 Å². The molecule has 32 heavy (non-hydrogen) atoms. The van der Waals surface area contributed by atoms with Crippen LogP contribution in [0, 0.1) is 0 Å². The second-order valence-electron chi connectivity index (χ2n) is 7.25. The van der Waals surface area contributed by atoms with Gasteiger partial charge in [-0.3, -0.25) is 4.79 Å². The molecule has 0 aliphatic carbocycles. The first-order valence-electron chi connectivity index (χ1n) is 9.81. The van der Waals surface area contributed by atoms with E-state index in [2.05, 4.69) is 15.2 Å². The van der Waals surface area contributed by atoms with Gasteiger partial charge in [0.1, 0.15) is 5.75 Å². The molecular weight excluding hydrogens is 419 g/mol. The molecule has 1 atom stereocenters. The van der Waals surface area contributed by atoms with Crippen molar-refractivity contribution in [1.29, 1.82) is 0 Å². The maximum atomic E-state index is 12.8. The number of hydrogen-bond acceptors (Lipinski definition) is 3. The Bertz CT molecular complexity index is 1270. The van der Waals surface area contributed by atoms with Crippen molar-refractivity contribution in [2.24, 2.45) is 0 Å². The van der Waals surface area contributed by atoms with Crippen molar-refractivity contribution in [2.75, 3.05) is 0 Å². The fourth-order valence-electron chi connectivity index (χ4n) is 3.89. The van der Waals surface area contributed by atoms with Crippen LogP contribution in [0.25, 0.3) is 16.9 Å². The number of amides is 1. The summed E-state index contributed by atoms with van der Waals surface area (Å²) in [6, 6.07) is 24.0. The van der Waals surface area contributed by atoms with Crippen molar-refractivity contribution in [3.63, 3.8) is 0 Å². The van der Waals surface area contributed by atoms with Crippen LogP contribution in [0.2, 0.25) is 0 Å². The highest BCUT2D eigenvalue weighted by molar-refractivity contribution is 6.00. The molecule has 1 aliphatic heterocycles. The average molecular weight is 435 g/mol. The van der Waals surface area contributed by atoms with Gasteiger partial charge in [0.05, 0.1) is 17.4 Å². The van der Waals surface area contributed by atoms with Gasteiger partial charge in [0, 0.05) is 11.1 Å². The lowest BCUT2D eigenvalue weighted by Crippen LogP contribution is -2.22. The SMILES string of the molecule is O=C1NC(c2ccccc2)c2c1nn(-c1ccc(OC(F)(F)F)cc1)c2-c1ccccc1. The zero-order valence-corrected chi connectivity index (χ0v) is 16.5. The molecule has 8 heteroatoms. The number of nitrogens with one attached hydrogen (secondary N) is 1. The minimum atomic E-state index is -4.77. The maximum Gasteiger partial charge on any atom is 0.573 e. The van der Waals surface area contributed by atoms with Crippen LogP contribution in [0.5, 0.6) is 5.75 Å². The summed E-state index contributed by atoms with van der Waals surface area (Å²) in [4.78, 5) is 12.8. The summed E-state index contributed by atoms with van der Waals surface area (Å²) in [7, 11) is 0. The maximum absolute atomic E-state index is 12.8. The van der Waals surface area contributed by atoms with Crippen molar-refractivity contribution in [2.45, 2.75) is 12.4 Å². The highest BCUT2D eigenvalue weighted by Gasteiger charge is 2.38. The summed E-state index contributed by atoms with van der Waals surface area (Å²) >= 11 is 0. The Labute approximate surface area is 181 Å². The fraction of sp³-hybridized carbons (Fsp3) is 0.0833. The summed E-state index contributed by atoms with van der Waals surface area (Å²) in [6.45, 7) is 0. The van der Waals surface area contributed by atoms with E-state index in [-0.39, 0.29) is 17.4 Å². The van der Waals surface area contributed by atoms with Crippen LogP contribution in [0.1, 0.15) is 27.7 Å². The van der Waals surface area contributed by atoms with E-state index in [4.69, 9.17) is 0 Å². The molecule has 0 radical (unpaired) electrons. The van der Waals surface area contributed by atoms with Crippen molar-refractivity contribution in [3.05, 3.63) is 102 Å². The number of halogens is 3. The van der Waals surface area contributed by atoms with Gasteiger partial charge in [-0.15, -0.1) is 13.2 Å². The Morgan fingerprint density at radius 1 is 0.875 bits per heavy atom. The monoisotopic (exact) mass is 435 g/mol. The Morgan fingerprint density at radius 3 is 2.12 bits per heavy atom. The third-order valence-electron chi connectivity index (χ3n) is 5.20. The van der Waals surface area contributed by atoms with Gasteiger partial charge in [-0.05, 0) is 29.8 Å². The largest absolute Gasteiger partial charge is 0.573 e. The molecule has 1 amide bonds. The number of nitrogens with zero attached hydrogens (tertiary/aromatic N) is 2. The van der Waals surface area contributed by atoms with E-state index in [1.807, 2.05) is 60.7 Å². The Kier molecular flexibility index (Phi) is 4.70. The highest BCUT2D eigenvalue weighted by atomic mass is 19.4. The molecule has 0 saturated carbocycles. The molecule has 5 nitrogen and oxygen atoms in total. The Morgan fingerprint density at radius 2 is 1.50 bits per heavy atom. The lowest BCUT2D eigenvalue weighted by molar-refractivity contribution is -0.274.